The molecule has 1 N–H and O–H groups in total. The number of amides is 3. The van der Waals surface area contributed by atoms with Crippen molar-refractivity contribution in [3.63, 3.8) is 0 Å². The molecule has 24 heavy (non-hydrogen) atoms. The van der Waals surface area contributed by atoms with Crippen LogP contribution in [0.4, 0.5) is 9.59 Å². The Morgan fingerprint density at radius 3 is 2.38 bits per heavy atom. The average Bonchev–Trinajstić information content (AvgIpc) is 2.73. The van der Waals surface area contributed by atoms with Gasteiger partial charge in [-0.1, -0.05) is 67.3 Å². The fourth-order valence-corrected chi connectivity index (χ4v) is 4.80. The summed E-state index contributed by atoms with van der Waals surface area (Å²) in [7, 11) is 0. The number of imide groups is 1. The SMILES string of the molecule is Cc1ccc([C@@H]2SC(=O)N(C(=O)NC3CCCCCC3)[C@H]2C)cc1. The molecule has 0 spiro atoms. The molecule has 2 atom stereocenters. The number of hydrogen-bond donors (Lipinski definition) is 1. The van der Waals surface area contributed by atoms with Crippen LogP contribution < -0.4 is 5.32 Å². The maximum Gasteiger partial charge on any atom is 0.325 e. The molecule has 1 saturated heterocycles. The van der Waals surface area contributed by atoms with Crippen LogP contribution >= 0.6 is 11.8 Å². The Balaban J connectivity index is 1.67. The maximum atomic E-state index is 12.7. The first-order chi connectivity index (χ1) is 11.6. The van der Waals surface area contributed by atoms with E-state index in [0.717, 1.165) is 31.2 Å². The van der Waals surface area contributed by atoms with Crippen LogP contribution in [0.1, 0.15) is 61.8 Å². The molecule has 1 saturated carbocycles. The highest BCUT2D eigenvalue weighted by molar-refractivity contribution is 8.14. The van der Waals surface area contributed by atoms with E-state index < -0.39 is 0 Å². The minimum absolute atomic E-state index is 0.0120. The van der Waals surface area contributed by atoms with Gasteiger partial charge in [0.05, 0.1) is 11.3 Å². The molecule has 1 heterocycles. The largest absolute Gasteiger partial charge is 0.335 e. The Morgan fingerprint density at radius 2 is 1.75 bits per heavy atom. The van der Waals surface area contributed by atoms with E-state index in [2.05, 4.69) is 29.6 Å². The summed E-state index contributed by atoms with van der Waals surface area (Å²) in [6, 6.07) is 8.09. The number of nitrogens with zero attached hydrogens (tertiary/aromatic N) is 1. The highest BCUT2D eigenvalue weighted by Gasteiger charge is 2.42. The number of nitrogens with one attached hydrogen (secondary N) is 1. The number of aryl methyl sites for hydroxylation is 1. The normalized spacial score (nSPS) is 25.6. The molecule has 1 aliphatic carbocycles. The van der Waals surface area contributed by atoms with E-state index in [4.69, 9.17) is 0 Å². The van der Waals surface area contributed by atoms with Crippen LogP contribution in [0.2, 0.25) is 0 Å². The smallest absolute Gasteiger partial charge is 0.325 e. The highest BCUT2D eigenvalue weighted by Crippen LogP contribution is 2.43. The number of urea groups is 1. The third kappa shape index (κ3) is 3.77. The molecular weight excluding hydrogens is 320 g/mol. The molecule has 3 rings (SSSR count). The first-order valence-corrected chi connectivity index (χ1v) is 9.81. The molecule has 2 aliphatic rings. The van der Waals surface area contributed by atoms with Crippen LogP contribution in [-0.2, 0) is 0 Å². The Labute approximate surface area is 148 Å². The molecule has 2 fully saturated rings. The van der Waals surface area contributed by atoms with Gasteiger partial charge in [-0.25, -0.2) is 4.79 Å². The summed E-state index contributed by atoms with van der Waals surface area (Å²) >= 11 is 1.26. The summed E-state index contributed by atoms with van der Waals surface area (Å²) in [5.41, 5.74) is 2.31. The zero-order valence-electron chi connectivity index (χ0n) is 14.5. The molecule has 5 heteroatoms. The molecule has 0 radical (unpaired) electrons. The van der Waals surface area contributed by atoms with Gasteiger partial charge in [0.15, 0.2) is 0 Å². The molecule has 0 unspecified atom stereocenters. The first-order valence-electron chi connectivity index (χ1n) is 8.93. The van der Waals surface area contributed by atoms with Crippen LogP contribution in [0.3, 0.4) is 0 Å². The fraction of sp³-hybridized carbons (Fsp3) is 0.579. The summed E-state index contributed by atoms with van der Waals surface area (Å²) in [5, 5.41) is 2.97. The Bertz CT molecular complexity index is 594. The molecular formula is C19H26N2O2S. The molecule has 1 aliphatic heterocycles. The number of hydrogen-bond acceptors (Lipinski definition) is 3. The van der Waals surface area contributed by atoms with Crippen LogP contribution in [0.15, 0.2) is 24.3 Å². The lowest BCUT2D eigenvalue weighted by Crippen LogP contribution is -2.47. The first kappa shape index (κ1) is 17.3. The standard InChI is InChI=1S/C19H26N2O2S/c1-13-9-11-15(12-10-13)17-14(2)21(19(23)24-17)18(22)20-16-7-5-3-4-6-8-16/h9-12,14,16-17H,3-8H2,1-2H3,(H,20,22)/t14-,17+/m0/s1. The van der Waals surface area contributed by atoms with Crippen molar-refractivity contribution in [2.75, 3.05) is 0 Å². The third-order valence-corrected chi connectivity index (χ3v) is 6.40. The highest BCUT2D eigenvalue weighted by atomic mass is 32.2. The summed E-state index contributed by atoms with van der Waals surface area (Å²) < 4.78 is 0. The van der Waals surface area contributed by atoms with Crippen LogP contribution in [0.25, 0.3) is 0 Å². The van der Waals surface area contributed by atoms with Crippen molar-refractivity contribution in [1.82, 2.24) is 10.2 Å². The number of carbonyl (C=O) groups is 2. The molecule has 0 aromatic heterocycles. The van der Waals surface area contributed by atoms with Crippen molar-refractivity contribution in [2.45, 2.75) is 69.7 Å². The lowest BCUT2D eigenvalue weighted by molar-refractivity contribution is 0.186. The van der Waals surface area contributed by atoms with Gasteiger partial charge in [0.1, 0.15) is 0 Å². The van der Waals surface area contributed by atoms with Gasteiger partial charge in [-0.15, -0.1) is 0 Å². The second-order valence-corrected chi connectivity index (χ2v) is 8.06. The maximum absolute atomic E-state index is 12.7. The predicted molar refractivity (Wildman–Crippen MR) is 98.2 cm³/mol. The third-order valence-electron chi connectivity index (χ3n) is 5.08. The minimum Gasteiger partial charge on any atom is -0.335 e. The molecule has 130 valence electrons. The molecule has 3 amide bonds. The van der Waals surface area contributed by atoms with Crippen molar-refractivity contribution in [1.29, 1.82) is 0 Å². The minimum atomic E-state index is -0.221. The number of thioether (sulfide) groups is 1. The number of benzene rings is 1. The van der Waals surface area contributed by atoms with Gasteiger partial charge in [0.25, 0.3) is 5.24 Å². The van der Waals surface area contributed by atoms with Gasteiger partial charge in [-0.2, -0.15) is 0 Å². The second kappa shape index (κ2) is 7.60. The summed E-state index contributed by atoms with van der Waals surface area (Å²) in [4.78, 5) is 26.5. The predicted octanol–water partition coefficient (Wildman–Crippen LogP) is 5.03. The summed E-state index contributed by atoms with van der Waals surface area (Å²) in [6.45, 7) is 4.02. The van der Waals surface area contributed by atoms with Gasteiger partial charge in [-0.3, -0.25) is 9.69 Å². The lowest BCUT2D eigenvalue weighted by Gasteiger charge is -2.25. The van der Waals surface area contributed by atoms with Crippen molar-refractivity contribution >= 4 is 23.0 Å². The number of carbonyl (C=O) groups excluding carboxylic acids is 2. The quantitative estimate of drug-likeness (QED) is 0.764. The Hall–Kier alpha value is -1.49. The zero-order valence-corrected chi connectivity index (χ0v) is 15.3. The molecule has 1 aromatic rings. The van der Waals surface area contributed by atoms with E-state index >= 15 is 0 Å². The second-order valence-electron chi connectivity index (χ2n) is 6.96. The molecule has 1 aromatic carbocycles. The van der Waals surface area contributed by atoms with Gasteiger partial charge in [0, 0.05) is 6.04 Å². The summed E-state index contributed by atoms with van der Waals surface area (Å²) in [5.74, 6) is 0. The van der Waals surface area contributed by atoms with Gasteiger partial charge >= 0.3 is 6.03 Å². The van der Waals surface area contributed by atoms with Gasteiger partial charge in [-0.05, 0) is 32.3 Å². The van der Waals surface area contributed by atoms with E-state index in [1.807, 2.05) is 13.8 Å². The lowest BCUT2D eigenvalue weighted by atomic mass is 10.0. The van der Waals surface area contributed by atoms with Gasteiger partial charge in [0.2, 0.25) is 0 Å². The molecule has 4 nitrogen and oxygen atoms in total. The van der Waals surface area contributed by atoms with E-state index in [0.29, 0.717) is 0 Å². The average molecular weight is 346 g/mol. The Kier molecular flexibility index (Phi) is 5.49. The van der Waals surface area contributed by atoms with E-state index in [-0.39, 0.29) is 28.6 Å². The van der Waals surface area contributed by atoms with Crippen molar-refractivity contribution in [2.24, 2.45) is 0 Å². The van der Waals surface area contributed by atoms with E-state index in [9.17, 15) is 9.59 Å². The number of rotatable bonds is 2. The summed E-state index contributed by atoms with van der Waals surface area (Å²) in [6.07, 6.45) is 6.87. The van der Waals surface area contributed by atoms with Gasteiger partial charge < -0.3 is 5.32 Å². The fourth-order valence-electron chi connectivity index (χ4n) is 3.60. The van der Waals surface area contributed by atoms with Crippen LogP contribution in [0.5, 0.6) is 0 Å². The van der Waals surface area contributed by atoms with Crippen molar-refractivity contribution < 1.29 is 9.59 Å². The topological polar surface area (TPSA) is 49.4 Å². The van der Waals surface area contributed by atoms with Crippen LogP contribution in [-0.4, -0.2) is 28.3 Å². The zero-order chi connectivity index (χ0) is 17.1. The van der Waals surface area contributed by atoms with E-state index in [1.54, 1.807) is 0 Å². The van der Waals surface area contributed by atoms with E-state index in [1.165, 1.54) is 35.1 Å². The van der Waals surface area contributed by atoms with Crippen molar-refractivity contribution in [3.05, 3.63) is 35.4 Å². The van der Waals surface area contributed by atoms with Crippen molar-refractivity contribution in [3.8, 4) is 0 Å². The molecule has 0 bridgehead atoms. The van der Waals surface area contributed by atoms with Crippen LogP contribution in [0, 0.1) is 6.92 Å². The Morgan fingerprint density at radius 1 is 1.12 bits per heavy atom. The monoisotopic (exact) mass is 346 g/mol.